The molecule has 1 saturated heterocycles. The first-order valence-corrected chi connectivity index (χ1v) is 8.81. The Hall–Kier alpha value is -0.670. The van der Waals surface area contributed by atoms with Gasteiger partial charge in [0.05, 0.1) is 15.5 Å². The molecule has 0 saturated carbocycles. The van der Waals surface area contributed by atoms with Crippen LogP contribution in [0, 0.1) is 5.92 Å². The Morgan fingerprint density at radius 3 is 2.71 bits per heavy atom. The summed E-state index contributed by atoms with van der Waals surface area (Å²) in [6, 6.07) is 2.40. The fourth-order valence-corrected chi connectivity index (χ4v) is 4.61. The summed E-state index contributed by atoms with van der Waals surface area (Å²) in [5.41, 5.74) is 5.31. The van der Waals surface area contributed by atoms with E-state index in [0.29, 0.717) is 26.1 Å². The molecule has 1 aliphatic heterocycles. The lowest BCUT2D eigenvalue weighted by atomic mass is 10.1. The predicted octanol–water partition coefficient (Wildman–Crippen LogP) is 1.77. The number of rotatable bonds is 4. The van der Waals surface area contributed by atoms with Crippen molar-refractivity contribution >= 4 is 43.5 Å². The molecule has 3 N–H and O–H groups in total. The maximum absolute atomic E-state index is 12.6. The van der Waals surface area contributed by atoms with Crippen LogP contribution in [0.15, 0.2) is 21.5 Å². The average Bonchev–Trinajstić information content (AvgIpc) is 2.90. The molecule has 1 heterocycles. The second-order valence-corrected chi connectivity index (χ2v) is 8.00. The van der Waals surface area contributed by atoms with Crippen LogP contribution in [0.25, 0.3) is 0 Å². The largest absolute Gasteiger partial charge is 0.478 e. The van der Waals surface area contributed by atoms with E-state index in [2.05, 4.69) is 15.9 Å². The van der Waals surface area contributed by atoms with E-state index in [9.17, 15) is 13.2 Å². The molecule has 1 aromatic rings. The van der Waals surface area contributed by atoms with E-state index >= 15 is 0 Å². The SMILES string of the molecule is NCC1CCN(S(=O)(=O)c2cc(Br)c(Cl)c(C(=O)O)c2)C1. The molecular formula is C12H14BrClN2O4S. The van der Waals surface area contributed by atoms with E-state index < -0.39 is 16.0 Å². The van der Waals surface area contributed by atoms with Crippen molar-refractivity contribution in [3.05, 3.63) is 27.2 Å². The van der Waals surface area contributed by atoms with Crippen LogP contribution in [-0.2, 0) is 10.0 Å². The Bertz CT molecular complexity index is 680. The number of carbonyl (C=O) groups is 1. The molecule has 0 amide bonds. The van der Waals surface area contributed by atoms with Crippen molar-refractivity contribution in [1.82, 2.24) is 4.31 Å². The van der Waals surface area contributed by atoms with Crippen LogP contribution >= 0.6 is 27.5 Å². The maximum Gasteiger partial charge on any atom is 0.337 e. The molecule has 2 rings (SSSR count). The summed E-state index contributed by atoms with van der Waals surface area (Å²) in [4.78, 5) is 11.1. The molecule has 1 fully saturated rings. The van der Waals surface area contributed by atoms with Gasteiger partial charge in [-0.1, -0.05) is 11.6 Å². The third kappa shape index (κ3) is 3.24. The van der Waals surface area contributed by atoms with Gasteiger partial charge in [-0.05, 0) is 46.9 Å². The van der Waals surface area contributed by atoms with Crippen LogP contribution in [-0.4, -0.2) is 43.4 Å². The zero-order chi connectivity index (χ0) is 15.8. The molecule has 1 aliphatic rings. The lowest BCUT2D eigenvalue weighted by molar-refractivity contribution is 0.0696. The fourth-order valence-electron chi connectivity index (χ4n) is 2.23. The molecule has 21 heavy (non-hydrogen) atoms. The number of nitrogens with two attached hydrogens (primary N) is 1. The normalized spacial score (nSPS) is 19.9. The highest BCUT2D eigenvalue weighted by Crippen LogP contribution is 2.32. The van der Waals surface area contributed by atoms with Crippen molar-refractivity contribution in [2.24, 2.45) is 11.7 Å². The van der Waals surface area contributed by atoms with Crippen LogP contribution in [0.2, 0.25) is 5.02 Å². The van der Waals surface area contributed by atoms with E-state index in [-0.39, 0.29) is 25.9 Å². The zero-order valence-electron chi connectivity index (χ0n) is 10.9. The molecule has 0 bridgehead atoms. The van der Waals surface area contributed by atoms with E-state index in [1.54, 1.807) is 0 Å². The van der Waals surface area contributed by atoms with E-state index in [0.717, 1.165) is 6.07 Å². The lowest BCUT2D eigenvalue weighted by Gasteiger charge is -2.17. The summed E-state index contributed by atoms with van der Waals surface area (Å²) in [5.74, 6) is -1.14. The second kappa shape index (κ2) is 6.21. The highest BCUT2D eigenvalue weighted by Gasteiger charge is 2.33. The average molecular weight is 398 g/mol. The molecule has 0 radical (unpaired) electrons. The second-order valence-electron chi connectivity index (χ2n) is 4.83. The van der Waals surface area contributed by atoms with Crippen LogP contribution in [0.4, 0.5) is 0 Å². The Morgan fingerprint density at radius 2 is 2.19 bits per heavy atom. The predicted molar refractivity (Wildman–Crippen MR) is 82.0 cm³/mol. The number of sulfonamides is 1. The summed E-state index contributed by atoms with van der Waals surface area (Å²) < 4.78 is 26.7. The van der Waals surface area contributed by atoms with Gasteiger partial charge in [-0.25, -0.2) is 13.2 Å². The van der Waals surface area contributed by atoms with Crippen molar-refractivity contribution in [2.45, 2.75) is 11.3 Å². The first kappa shape index (κ1) is 16.7. The molecule has 1 unspecified atom stereocenters. The highest BCUT2D eigenvalue weighted by atomic mass is 79.9. The van der Waals surface area contributed by atoms with Crippen molar-refractivity contribution in [2.75, 3.05) is 19.6 Å². The van der Waals surface area contributed by atoms with E-state index in [4.69, 9.17) is 22.4 Å². The van der Waals surface area contributed by atoms with Gasteiger partial charge in [0, 0.05) is 17.6 Å². The number of carboxylic acid groups (broad SMARTS) is 1. The molecule has 0 spiro atoms. The molecule has 1 atom stereocenters. The Kier molecular flexibility index (Phi) is 4.94. The Morgan fingerprint density at radius 1 is 1.52 bits per heavy atom. The fraction of sp³-hybridized carbons (Fsp3) is 0.417. The quantitative estimate of drug-likeness (QED) is 0.806. The topological polar surface area (TPSA) is 101 Å². The van der Waals surface area contributed by atoms with Crippen LogP contribution in [0.3, 0.4) is 0 Å². The maximum atomic E-state index is 12.6. The van der Waals surface area contributed by atoms with Crippen molar-refractivity contribution in [3.8, 4) is 0 Å². The number of benzene rings is 1. The molecule has 1 aromatic carbocycles. The zero-order valence-corrected chi connectivity index (χ0v) is 14.1. The smallest absolute Gasteiger partial charge is 0.337 e. The van der Waals surface area contributed by atoms with Crippen molar-refractivity contribution in [3.63, 3.8) is 0 Å². The first-order valence-electron chi connectivity index (χ1n) is 6.20. The van der Waals surface area contributed by atoms with Crippen molar-refractivity contribution < 1.29 is 18.3 Å². The lowest BCUT2D eigenvalue weighted by Crippen LogP contribution is -2.30. The highest BCUT2D eigenvalue weighted by molar-refractivity contribution is 9.10. The Balaban J connectivity index is 2.44. The number of nitrogens with zero attached hydrogens (tertiary/aromatic N) is 1. The number of halogens is 2. The van der Waals surface area contributed by atoms with Gasteiger partial charge in [0.2, 0.25) is 10.0 Å². The summed E-state index contributed by atoms with van der Waals surface area (Å²) in [6.45, 7) is 1.16. The van der Waals surface area contributed by atoms with Crippen LogP contribution in [0.1, 0.15) is 16.8 Å². The van der Waals surface area contributed by atoms with Gasteiger partial charge in [0.25, 0.3) is 0 Å². The Labute approximate surface area is 136 Å². The summed E-state index contributed by atoms with van der Waals surface area (Å²) in [6.07, 6.45) is 0.705. The summed E-state index contributed by atoms with van der Waals surface area (Å²) >= 11 is 8.96. The van der Waals surface area contributed by atoms with E-state index in [1.807, 2.05) is 0 Å². The van der Waals surface area contributed by atoms with Gasteiger partial charge in [0.15, 0.2) is 0 Å². The van der Waals surface area contributed by atoms with E-state index in [1.165, 1.54) is 10.4 Å². The van der Waals surface area contributed by atoms with Crippen LogP contribution in [0.5, 0.6) is 0 Å². The number of carboxylic acids is 1. The number of hydrogen-bond acceptors (Lipinski definition) is 4. The van der Waals surface area contributed by atoms with Crippen LogP contribution < -0.4 is 5.73 Å². The minimum atomic E-state index is -3.75. The van der Waals surface area contributed by atoms with Gasteiger partial charge < -0.3 is 10.8 Å². The molecular weight excluding hydrogens is 384 g/mol. The molecule has 9 heteroatoms. The monoisotopic (exact) mass is 396 g/mol. The standard InChI is InChI=1S/C12H14BrClN2O4S/c13-10-4-8(3-9(11(10)14)12(17)18)21(19,20)16-2-1-7(5-15)6-16/h3-4,7H,1-2,5-6,15H2,(H,17,18). The van der Waals surface area contributed by atoms with Gasteiger partial charge in [0.1, 0.15) is 0 Å². The van der Waals surface area contributed by atoms with Gasteiger partial charge in [-0.15, -0.1) is 0 Å². The first-order chi connectivity index (χ1) is 9.77. The molecule has 116 valence electrons. The third-order valence-corrected chi connectivity index (χ3v) is 6.56. The summed E-state index contributed by atoms with van der Waals surface area (Å²) in [5, 5.41) is 9.07. The minimum Gasteiger partial charge on any atom is -0.478 e. The number of aromatic carboxylic acids is 1. The van der Waals surface area contributed by atoms with Gasteiger partial charge in [-0.2, -0.15) is 4.31 Å². The minimum absolute atomic E-state index is 0.0253. The van der Waals surface area contributed by atoms with Gasteiger partial charge >= 0.3 is 5.97 Å². The summed E-state index contributed by atoms with van der Waals surface area (Å²) in [7, 11) is -3.75. The molecule has 6 nitrogen and oxygen atoms in total. The number of hydrogen-bond donors (Lipinski definition) is 2. The van der Waals surface area contributed by atoms with Crippen molar-refractivity contribution in [1.29, 1.82) is 0 Å². The van der Waals surface area contributed by atoms with Gasteiger partial charge in [-0.3, -0.25) is 0 Å². The molecule has 0 aliphatic carbocycles. The molecule has 0 aromatic heterocycles. The third-order valence-electron chi connectivity index (χ3n) is 3.45.